The van der Waals surface area contributed by atoms with Crippen LogP contribution in [0.25, 0.3) is 0 Å². The van der Waals surface area contributed by atoms with Crippen LogP contribution in [0.5, 0.6) is 0 Å². The molecule has 0 unspecified atom stereocenters. The number of nitrogens with one attached hydrogen (secondary N) is 1. The lowest BCUT2D eigenvalue weighted by Gasteiger charge is -2.38. The van der Waals surface area contributed by atoms with Gasteiger partial charge in [-0.25, -0.2) is 0 Å². The van der Waals surface area contributed by atoms with E-state index in [0.717, 1.165) is 18.3 Å². The molecule has 1 aliphatic rings. The predicted molar refractivity (Wildman–Crippen MR) is 54.8 cm³/mol. The Morgan fingerprint density at radius 1 is 1.42 bits per heavy atom. The van der Waals surface area contributed by atoms with Crippen molar-refractivity contribution in [3.63, 3.8) is 0 Å². The number of hydrogen-bond acceptors (Lipinski definition) is 1. The standard InChI is InChI=1S/C10H20ClN/c1-3-12-10(8-11)6-4-9(2)5-7-10/h9,12H,3-8H2,1-2H3. The monoisotopic (exact) mass is 189 g/mol. The second-order valence-corrected chi connectivity index (χ2v) is 4.39. The van der Waals surface area contributed by atoms with Crippen molar-refractivity contribution in [3.8, 4) is 0 Å². The topological polar surface area (TPSA) is 12.0 Å². The molecule has 0 bridgehead atoms. The highest BCUT2D eigenvalue weighted by atomic mass is 35.5. The third kappa shape index (κ3) is 2.37. The molecule has 0 amide bonds. The minimum Gasteiger partial charge on any atom is -0.310 e. The minimum absolute atomic E-state index is 0.267. The Kier molecular flexibility index (Phi) is 3.85. The molecule has 0 aromatic heterocycles. The molecule has 1 aliphatic carbocycles. The van der Waals surface area contributed by atoms with Crippen molar-refractivity contribution in [1.82, 2.24) is 5.32 Å². The summed E-state index contributed by atoms with van der Waals surface area (Å²) in [5, 5.41) is 3.54. The quantitative estimate of drug-likeness (QED) is 0.674. The van der Waals surface area contributed by atoms with Gasteiger partial charge >= 0.3 is 0 Å². The lowest BCUT2D eigenvalue weighted by Crippen LogP contribution is -2.49. The molecular weight excluding hydrogens is 170 g/mol. The van der Waals surface area contributed by atoms with Gasteiger partial charge in [0.25, 0.3) is 0 Å². The fraction of sp³-hybridized carbons (Fsp3) is 1.00. The average molecular weight is 190 g/mol. The van der Waals surface area contributed by atoms with Crippen LogP contribution < -0.4 is 5.32 Å². The Labute approximate surface area is 80.9 Å². The summed E-state index contributed by atoms with van der Waals surface area (Å²) in [5.74, 6) is 1.67. The second kappa shape index (κ2) is 4.48. The Bertz CT molecular complexity index is 128. The molecule has 0 atom stereocenters. The summed E-state index contributed by atoms with van der Waals surface area (Å²) in [5.41, 5.74) is 0.267. The Morgan fingerprint density at radius 3 is 2.42 bits per heavy atom. The molecule has 1 fully saturated rings. The highest BCUT2D eigenvalue weighted by Crippen LogP contribution is 2.32. The van der Waals surface area contributed by atoms with Gasteiger partial charge in [-0.15, -0.1) is 11.6 Å². The molecule has 2 heteroatoms. The van der Waals surface area contributed by atoms with Crippen LogP contribution in [0.4, 0.5) is 0 Å². The van der Waals surface area contributed by atoms with E-state index < -0.39 is 0 Å². The Hall–Kier alpha value is 0.250. The molecule has 0 heterocycles. The van der Waals surface area contributed by atoms with Crippen LogP contribution in [0.1, 0.15) is 39.5 Å². The first-order valence-corrected chi connectivity index (χ1v) is 5.57. The SMILES string of the molecule is CCNC1(CCl)CCC(C)CC1. The van der Waals surface area contributed by atoms with E-state index in [4.69, 9.17) is 11.6 Å². The first-order valence-electron chi connectivity index (χ1n) is 5.03. The van der Waals surface area contributed by atoms with Crippen LogP contribution in [-0.4, -0.2) is 18.0 Å². The van der Waals surface area contributed by atoms with Crippen molar-refractivity contribution in [2.24, 2.45) is 5.92 Å². The minimum atomic E-state index is 0.267. The van der Waals surface area contributed by atoms with Crippen molar-refractivity contribution in [2.75, 3.05) is 12.4 Å². The maximum absolute atomic E-state index is 6.00. The largest absolute Gasteiger partial charge is 0.310 e. The van der Waals surface area contributed by atoms with Crippen LogP contribution in [0.2, 0.25) is 0 Å². The van der Waals surface area contributed by atoms with Gasteiger partial charge in [0.2, 0.25) is 0 Å². The molecule has 0 aliphatic heterocycles. The van der Waals surface area contributed by atoms with Crippen molar-refractivity contribution >= 4 is 11.6 Å². The lowest BCUT2D eigenvalue weighted by molar-refractivity contribution is 0.221. The summed E-state index contributed by atoms with van der Waals surface area (Å²) < 4.78 is 0. The van der Waals surface area contributed by atoms with Crippen molar-refractivity contribution < 1.29 is 0 Å². The van der Waals surface area contributed by atoms with Gasteiger partial charge in [0.05, 0.1) is 0 Å². The van der Waals surface area contributed by atoms with E-state index in [9.17, 15) is 0 Å². The van der Waals surface area contributed by atoms with Crippen LogP contribution >= 0.6 is 11.6 Å². The van der Waals surface area contributed by atoms with E-state index >= 15 is 0 Å². The highest BCUT2D eigenvalue weighted by molar-refractivity contribution is 6.18. The maximum atomic E-state index is 6.00. The van der Waals surface area contributed by atoms with E-state index in [1.807, 2.05) is 0 Å². The van der Waals surface area contributed by atoms with Gasteiger partial charge in [0, 0.05) is 11.4 Å². The number of alkyl halides is 1. The molecule has 1 N–H and O–H groups in total. The van der Waals surface area contributed by atoms with E-state index in [1.165, 1.54) is 25.7 Å². The molecule has 72 valence electrons. The average Bonchev–Trinajstić information content (AvgIpc) is 2.10. The zero-order valence-electron chi connectivity index (χ0n) is 8.20. The van der Waals surface area contributed by atoms with Crippen molar-refractivity contribution in [2.45, 2.75) is 45.1 Å². The third-order valence-corrected chi connectivity index (χ3v) is 3.55. The fourth-order valence-corrected chi connectivity index (χ4v) is 2.41. The zero-order chi connectivity index (χ0) is 9.03. The first-order chi connectivity index (χ1) is 5.72. The van der Waals surface area contributed by atoms with Gasteiger partial charge < -0.3 is 5.32 Å². The molecule has 1 nitrogen and oxygen atoms in total. The molecule has 1 saturated carbocycles. The van der Waals surface area contributed by atoms with Gasteiger partial charge in [0.1, 0.15) is 0 Å². The highest BCUT2D eigenvalue weighted by Gasteiger charge is 2.32. The fourth-order valence-electron chi connectivity index (χ4n) is 2.05. The van der Waals surface area contributed by atoms with Gasteiger partial charge in [-0.3, -0.25) is 0 Å². The number of halogens is 1. The molecule has 0 spiro atoms. The van der Waals surface area contributed by atoms with Crippen LogP contribution in [-0.2, 0) is 0 Å². The van der Waals surface area contributed by atoms with Crippen LogP contribution in [0, 0.1) is 5.92 Å². The zero-order valence-corrected chi connectivity index (χ0v) is 8.95. The Morgan fingerprint density at radius 2 is 2.00 bits per heavy atom. The third-order valence-electron chi connectivity index (χ3n) is 3.04. The van der Waals surface area contributed by atoms with Crippen LogP contribution in [0.3, 0.4) is 0 Å². The molecular formula is C10H20ClN. The first kappa shape index (κ1) is 10.3. The molecule has 12 heavy (non-hydrogen) atoms. The molecule has 0 radical (unpaired) electrons. The van der Waals surface area contributed by atoms with Gasteiger partial charge in [-0.1, -0.05) is 13.8 Å². The maximum Gasteiger partial charge on any atom is 0.0406 e. The molecule has 0 aromatic carbocycles. The van der Waals surface area contributed by atoms with E-state index in [-0.39, 0.29) is 5.54 Å². The van der Waals surface area contributed by atoms with Crippen molar-refractivity contribution in [1.29, 1.82) is 0 Å². The van der Waals surface area contributed by atoms with Gasteiger partial charge in [-0.2, -0.15) is 0 Å². The second-order valence-electron chi connectivity index (χ2n) is 4.13. The summed E-state index contributed by atoms with van der Waals surface area (Å²) in [7, 11) is 0. The Balaban J connectivity index is 2.45. The van der Waals surface area contributed by atoms with E-state index in [1.54, 1.807) is 0 Å². The van der Waals surface area contributed by atoms with Crippen LogP contribution in [0.15, 0.2) is 0 Å². The predicted octanol–water partition coefficient (Wildman–Crippen LogP) is 2.78. The molecule has 0 saturated heterocycles. The molecule has 0 aromatic rings. The van der Waals surface area contributed by atoms with E-state index in [2.05, 4.69) is 19.2 Å². The van der Waals surface area contributed by atoms with Gasteiger partial charge in [-0.05, 0) is 38.1 Å². The van der Waals surface area contributed by atoms with Gasteiger partial charge in [0.15, 0.2) is 0 Å². The summed E-state index contributed by atoms with van der Waals surface area (Å²) >= 11 is 6.00. The summed E-state index contributed by atoms with van der Waals surface area (Å²) in [6, 6.07) is 0. The summed E-state index contributed by atoms with van der Waals surface area (Å²) in [4.78, 5) is 0. The summed E-state index contributed by atoms with van der Waals surface area (Å²) in [6.45, 7) is 5.54. The number of hydrogen-bond donors (Lipinski definition) is 1. The summed E-state index contributed by atoms with van der Waals surface area (Å²) in [6.07, 6.45) is 5.18. The van der Waals surface area contributed by atoms with E-state index in [0.29, 0.717) is 0 Å². The lowest BCUT2D eigenvalue weighted by atomic mass is 9.78. The number of rotatable bonds is 3. The molecule has 1 rings (SSSR count). The smallest absolute Gasteiger partial charge is 0.0406 e. The normalized spacial score (nSPS) is 36.8. The van der Waals surface area contributed by atoms with Crippen molar-refractivity contribution in [3.05, 3.63) is 0 Å².